The van der Waals surface area contributed by atoms with E-state index in [4.69, 9.17) is 4.74 Å². The molecule has 0 radical (unpaired) electrons. The van der Waals surface area contributed by atoms with Gasteiger partial charge in [0.1, 0.15) is 0 Å². The van der Waals surface area contributed by atoms with E-state index >= 15 is 0 Å². The summed E-state index contributed by atoms with van der Waals surface area (Å²) in [5.74, 6) is -2.28. The zero-order valence-electron chi connectivity index (χ0n) is 10.1. The van der Waals surface area contributed by atoms with E-state index in [9.17, 15) is 17.2 Å². The summed E-state index contributed by atoms with van der Waals surface area (Å²) in [6.45, 7) is 2.00. The van der Waals surface area contributed by atoms with Crippen molar-refractivity contribution in [3.05, 3.63) is 29.8 Å². The fraction of sp³-hybridized carbons (Fsp3) is 0.455. The van der Waals surface area contributed by atoms with Crippen molar-refractivity contribution in [2.75, 3.05) is 13.7 Å². The number of hydrogen-bond acceptors (Lipinski definition) is 3. The molecule has 0 amide bonds. The smallest absolute Gasteiger partial charge is 0.241 e. The van der Waals surface area contributed by atoms with E-state index in [1.165, 1.54) is 7.11 Å². The third kappa shape index (κ3) is 3.72. The molecule has 1 unspecified atom stereocenters. The normalized spacial score (nSPS) is 13.6. The third-order valence-corrected chi connectivity index (χ3v) is 3.90. The molecule has 4 nitrogen and oxygen atoms in total. The lowest BCUT2D eigenvalue weighted by molar-refractivity contribution is 0.173. The zero-order valence-corrected chi connectivity index (χ0v) is 10.9. The van der Waals surface area contributed by atoms with Crippen LogP contribution in [0.5, 0.6) is 0 Å². The summed E-state index contributed by atoms with van der Waals surface area (Å²) in [6, 6.07) is 2.03. The minimum absolute atomic E-state index is 0.208. The van der Waals surface area contributed by atoms with Crippen LogP contribution in [-0.2, 0) is 14.8 Å². The summed E-state index contributed by atoms with van der Waals surface area (Å²) in [6.07, 6.45) is 0.525. The molecule has 0 saturated carbocycles. The van der Waals surface area contributed by atoms with Gasteiger partial charge in [0.05, 0.1) is 11.5 Å². The molecule has 0 fully saturated rings. The van der Waals surface area contributed by atoms with Crippen molar-refractivity contribution >= 4 is 10.0 Å². The van der Waals surface area contributed by atoms with Gasteiger partial charge in [0.15, 0.2) is 11.6 Å². The maximum absolute atomic E-state index is 13.0. The van der Waals surface area contributed by atoms with Crippen molar-refractivity contribution in [3.8, 4) is 0 Å². The monoisotopic (exact) mass is 279 g/mol. The first-order chi connectivity index (χ1) is 8.40. The highest BCUT2D eigenvalue weighted by Gasteiger charge is 2.20. The average Bonchev–Trinajstić information content (AvgIpc) is 2.31. The lowest BCUT2D eigenvalue weighted by Gasteiger charge is -2.16. The maximum Gasteiger partial charge on any atom is 0.241 e. The molecule has 7 heteroatoms. The maximum atomic E-state index is 13.0. The van der Waals surface area contributed by atoms with Crippen molar-refractivity contribution < 1.29 is 21.9 Å². The number of sulfonamides is 1. The van der Waals surface area contributed by atoms with Gasteiger partial charge in [0.2, 0.25) is 10.0 Å². The molecule has 0 heterocycles. The molecule has 0 saturated heterocycles. The Bertz CT molecular complexity index is 505. The molecule has 1 aromatic rings. The lowest BCUT2D eigenvalue weighted by Crippen LogP contribution is -2.37. The molecular weight excluding hydrogens is 264 g/mol. The first kappa shape index (κ1) is 15.0. The number of halogens is 2. The Morgan fingerprint density at radius 2 is 2.00 bits per heavy atom. The Morgan fingerprint density at radius 3 is 2.50 bits per heavy atom. The zero-order chi connectivity index (χ0) is 13.8. The van der Waals surface area contributed by atoms with Gasteiger partial charge in [0, 0.05) is 13.2 Å². The van der Waals surface area contributed by atoms with Crippen LogP contribution < -0.4 is 4.72 Å². The van der Waals surface area contributed by atoms with E-state index in [-0.39, 0.29) is 11.5 Å². The average molecular weight is 279 g/mol. The van der Waals surface area contributed by atoms with Gasteiger partial charge in [-0.3, -0.25) is 0 Å². The molecule has 0 aliphatic heterocycles. The van der Waals surface area contributed by atoms with E-state index < -0.39 is 27.7 Å². The Kier molecular flexibility index (Phi) is 5.18. The second kappa shape index (κ2) is 6.21. The van der Waals surface area contributed by atoms with Gasteiger partial charge in [-0.1, -0.05) is 6.92 Å². The van der Waals surface area contributed by atoms with Crippen LogP contribution in [0.25, 0.3) is 0 Å². The molecule has 1 aromatic carbocycles. The number of methoxy groups -OCH3 is 1. The van der Waals surface area contributed by atoms with Gasteiger partial charge in [0.25, 0.3) is 0 Å². The van der Waals surface area contributed by atoms with Crippen LogP contribution in [-0.4, -0.2) is 28.2 Å². The largest absolute Gasteiger partial charge is 0.383 e. The molecule has 1 atom stereocenters. The van der Waals surface area contributed by atoms with Gasteiger partial charge in [-0.25, -0.2) is 21.9 Å². The van der Waals surface area contributed by atoms with Crippen LogP contribution >= 0.6 is 0 Å². The van der Waals surface area contributed by atoms with Crippen molar-refractivity contribution in [1.29, 1.82) is 0 Å². The minimum atomic E-state index is -3.87. The summed E-state index contributed by atoms with van der Waals surface area (Å²) in [7, 11) is -2.42. The van der Waals surface area contributed by atoms with E-state index in [1.54, 1.807) is 6.92 Å². The molecular formula is C11H15F2NO3S. The molecule has 0 aliphatic rings. The topological polar surface area (TPSA) is 55.4 Å². The Morgan fingerprint density at radius 1 is 1.33 bits per heavy atom. The van der Waals surface area contributed by atoms with Gasteiger partial charge >= 0.3 is 0 Å². The fourth-order valence-electron chi connectivity index (χ4n) is 1.37. The third-order valence-electron chi connectivity index (χ3n) is 2.38. The van der Waals surface area contributed by atoms with Crippen molar-refractivity contribution in [1.82, 2.24) is 4.72 Å². The van der Waals surface area contributed by atoms with Crippen molar-refractivity contribution in [3.63, 3.8) is 0 Å². The highest BCUT2D eigenvalue weighted by molar-refractivity contribution is 7.89. The second-order valence-corrected chi connectivity index (χ2v) is 5.47. The van der Waals surface area contributed by atoms with Crippen molar-refractivity contribution in [2.24, 2.45) is 0 Å². The highest BCUT2D eigenvalue weighted by Crippen LogP contribution is 2.14. The van der Waals surface area contributed by atoms with Gasteiger partial charge in [-0.15, -0.1) is 0 Å². The van der Waals surface area contributed by atoms with Crippen molar-refractivity contribution in [2.45, 2.75) is 24.3 Å². The fourth-order valence-corrected chi connectivity index (χ4v) is 2.68. The highest BCUT2D eigenvalue weighted by atomic mass is 32.2. The summed E-state index contributed by atoms with van der Waals surface area (Å²) >= 11 is 0. The SMILES string of the molecule is CCC(COC)NS(=O)(=O)c1ccc(F)c(F)c1. The van der Waals surface area contributed by atoms with Crippen LogP contribution in [0.1, 0.15) is 13.3 Å². The van der Waals surface area contributed by atoms with Crippen LogP contribution in [0.3, 0.4) is 0 Å². The predicted octanol–water partition coefficient (Wildman–Crippen LogP) is 1.67. The number of nitrogens with one attached hydrogen (secondary N) is 1. The molecule has 0 aromatic heterocycles. The van der Waals surface area contributed by atoms with E-state index in [2.05, 4.69) is 4.72 Å². The summed E-state index contributed by atoms with van der Waals surface area (Å²) < 4.78 is 56.7. The number of hydrogen-bond donors (Lipinski definition) is 1. The van der Waals surface area contributed by atoms with Crippen LogP contribution in [0.15, 0.2) is 23.1 Å². The molecule has 0 spiro atoms. The van der Waals surface area contributed by atoms with Gasteiger partial charge < -0.3 is 4.74 Å². The first-order valence-electron chi connectivity index (χ1n) is 5.37. The van der Waals surface area contributed by atoms with Crippen LogP contribution in [0.2, 0.25) is 0 Å². The molecule has 102 valence electrons. The Hall–Kier alpha value is -1.05. The molecule has 0 bridgehead atoms. The predicted molar refractivity (Wildman–Crippen MR) is 62.6 cm³/mol. The Labute approximate surface area is 105 Å². The van der Waals surface area contributed by atoms with Crippen LogP contribution in [0, 0.1) is 11.6 Å². The number of benzene rings is 1. The molecule has 18 heavy (non-hydrogen) atoms. The Balaban J connectivity index is 2.95. The van der Waals surface area contributed by atoms with E-state index in [0.29, 0.717) is 12.5 Å². The first-order valence-corrected chi connectivity index (χ1v) is 6.85. The van der Waals surface area contributed by atoms with E-state index in [1.807, 2.05) is 0 Å². The lowest BCUT2D eigenvalue weighted by atomic mass is 10.3. The van der Waals surface area contributed by atoms with Gasteiger partial charge in [-0.2, -0.15) is 0 Å². The van der Waals surface area contributed by atoms with E-state index in [0.717, 1.165) is 12.1 Å². The molecule has 1 rings (SSSR count). The standard InChI is InChI=1S/C11H15F2NO3S/c1-3-8(7-17-2)14-18(15,16)9-4-5-10(12)11(13)6-9/h4-6,8,14H,3,7H2,1-2H3. The summed E-state index contributed by atoms with van der Waals surface area (Å²) in [5, 5.41) is 0. The quantitative estimate of drug-likeness (QED) is 0.861. The molecule has 1 N–H and O–H groups in total. The van der Waals surface area contributed by atoms with Gasteiger partial charge in [-0.05, 0) is 24.6 Å². The molecule has 0 aliphatic carbocycles. The second-order valence-electron chi connectivity index (χ2n) is 3.76. The number of ether oxygens (including phenoxy) is 1. The summed E-state index contributed by atoms with van der Waals surface area (Å²) in [4.78, 5) is -0.309. The number of rotatable bonds is 6. The minimum Gasteiger partial charge on any atom is -0.383 e. The van der Waals surface area contributed by atoms with Crippen LogP contribution in [0.4, 0.5) is 8.78 Å². The summed E-state index contributed by atoms with van der Waals surface area (Å²) in [5.41, 5.74) is 0.